The highest BCUT2D eigenvalue weighted by Gasteiger charge is 2.38. The van der Waals surface area contributed by atoms with Gasteiger partial charge in [0.1, 0.15) is 0 Å². The Hall–Kier alpha value is -0.780. The highest BCUT2D eigenvalue weighted by Crippen LogP contribution is 2.13. The molecule has 0 radical (unpaired) electrons. The monoisotopic (exact) mass is 213 g/mol. The Balaban J connectivity index is 3.33. The van der Waals surface area contributed by atoms with Gasteiger partial charge in [-0.15, -0.1) is 0 Å². The minimum atomic E-state index is -4.80. The first-order valence-electron chi connectivity index (χ1n) is 4.41. The molecule has 14 heavy (non-hydrogen) atoms. The Morgan fingerprint density at radius 3 is 2.50 bits per heavy atom. The first-order valence-corrected chi connectivity index (χ1v) is 4.41. The predicted octanol–water partition coefficient (Wildman–Crippen LogP) is 1.48. The molecule has 84 valence electrons. The van der Waals surface area contributed by atoms with Crippen molar-refractivity contribution < 1.29 is 22.7 Å². The average Bonchev–Trinajstić information content (AvgIpc) is 2.09. The van der Waals surface area contributed by atoms with Crippen LogP contribution in [0.3, 0.4) is 0 Å². The van der Waals surface area contributed by atoms with Crippen molar-refractivity contribution in [2.45, 2.75) is 25.9 Å². The first kappa shape index (κ1) is 13.2. The zero-order valence-corrected chi connectivity index (χ0v) is 7.99. The van der Waals surface area contributed by atoms with E-state index in [1.54, 1.807) is 5.32 Å². The van der Waals surface area contributed by atoms with E-state index in [1.807, 2.05) is 6.92 Å². The summed E-state index contributed by atoms with van der Waals surface area (Å²) in [6.07, 6.45) is -2.97. The number of carbonyl (C=O) groups excluding carboxylic acids is 1. The molecule has 0 aliphatic rings. The van der Waals surface area contributed by atoms with Crippen molar-refractivity contribution in [1.29, 1.82) is 0 Å². The van der Waals surface area contributed by atoms with Crippen LogP contribution in [0.2, 0.25) is 0 Å². The summed E-state index contributed by atoms with van der Waals surface area (Å²) in [7, 11) is 0. The number of amides is 1. The molecule has 0 aromatic rings. The third-order valence-electron chi connectivity index (χ3n) is 1.43. The van der Waals surface area contributed by atoms with Gasteiger partial charge in [-0.05, 0) is 6.42 Å². The molecule has 1 N–H and O–H groups in total. The Bertz CT molecular complexity index is 170. The van der Waals surface area contributed by atoms with E-state index in [1.165, 1.54) is 0 Å². The molecule has 1 amide bonds. The van der Waals surface area contributed by atoms with Crippen molar-refractivity contribution in [3.63, 3.8) is 0 Å². The van der Waals surface area contributed by atoms with Gasteiger partial charge in [-0.3, -0.25) is 4.79 Å². The maximum Gasteiger partial charge on any atom is 0.471 e. The van der Waals surface area contributed by atoms with Crippen molar-refractivity contribution in [2.24, 2.45) is 0 Å². The highest BCUT2D eigenvalue weighted by atomic mass is 19.4. The molecule has 0 aromatic heterocycles. The van der Waals surface area contributed by atoms with Gasteiger partial charge in [0.25, 0.3) is 0 Å². The van der Waals surface area contributed by atoms with E-state index in [4.69, 9.17) is 4.74 Å². The Labute approximate surface area is 80.6 Å². The number of carbonyl (C=O) groups is 1. The fourth-order valence-electron chi connectivity index (χ4n) is 0.685. The van der Waals surface area contributed by atoms with Crippen LogP contribution in [0.15, 0.2) is 0 Å². The summed E-state index contributed by atoms with van der Waals surface area (Å²) in [5, 5.41) is 1.71. The second-order valence-corrected chi connectivity index (χ2v) is 2.72. The van der Waals surface area contributed by atoms with Crippen LogP contribution in [0, 0.1) is 0 Å². The quantitative estimate of drug-likeness (QED) is 0.679. The zero-order valence-electron chi connectivity index (χ0n) is 7.99. The van der Waals surface area contributed by atoms with Gasteiger partial charge in [0.05, 0.1) is 6.61 Å². The smallest absolute Gasteiger partial charge is 0.380 e. The van der Waals surface area contributed by atoms with Gasteiger partial charge in [0, 0.05) is 13.2 Å². The summed E-state index contributed by atoms with van der Waals surface area (Å²) in [4.78, 5) is 10.3. The summed E-state index contributed by atoms with van der Waals surface area (Å²) in [5.74, 6) is -1.92. The molecule has 0 bridgehead atoms. The summed E-state index contributed by atoms with van der Waals surface area (Å²) < 4.78 is 39.8. The number of ether oxygens (including phenoxy) is 1. The van der Waals surface area contributed by atoms with Crippen LogP contribution in [0.5, 0.6) is 0 Å². The van der Waals surface area contributed by atoms with Gasteiger partial charge < -0.3 is 10.1 Å². The Morgan fingerprint density at radius 2 is 2.00 bits per heavy atom. The molecule has 0 saturated heterocycles. The lowest BCUT2D eigenvalue weighted by Gasteiger charge is -2.07. The van der Waals surface area contributed by atoms with Crippen LogP contribution in [0.4, 0.5) is 13.2 Å². The van der Waals surface area contributed by atoms with E-state index in [0.29, 0.717) is 6.61 Å². The maximum absolute atomic E-state index is 11.6. The molecule has 0 saturated carbocycles. The molecule has 0 aromatic carbocycles. The first-order chi connectivity index (χ1) is 6.48. The molecule has 3 nitrogen and oxygen atoms in total. The van der Waals surface area contributed by atoms with E-state index >= 15 is 0 Å². The number of unbranched alkanes of at least 4 members (excludes halogenated alkanes) is 1. The van der Waals surface area contributed by atoms with E-state index in [9.17, 15) is 18.0 Å². The lowest BCUT2D eigenvalue weighted by Crippen LogP contribution is -2.38. The zero-order chi connectivity index (χ0) is 11.0. The number of hydrogen-bond acceptors (Lipinski definition) is 2. The van der Waals surface area contributed by atoms with Crippen LogP contribution >= 0.6 is 0 Å². The predicted molar refractivity (Wildman–Crippen MR) is 44.8 cm³/mol. The van der Waals surface area contributed by atoms with Gasteiger partial charge in [-0.2, -0.15) is 13.2 Å². The van der Waals surface area contributed by atoms with Crippen LogP contribution in [0.25, 0.3) is 0 Å². The normalized spacial score (nSPS) is 11.4. The topological polar surface area (TPSA) is 38.3 Å². The maximum atomic E-state index is 11.6. The fourth-order valence-corrected chi connectivity index (χ4v) is 0.685. The molecule has 0 unspecified atom stereocenters. The minimum Gasteiger partial charge on any atom is -0.380 e. The van der Waals surface area contributed by atoms with Crippen molar-refractivity contribution in [3.8, 4) is 0 Å². The standard InChI is InChI=1S/C8H14F3NO2/c1-2-3-5-14-6-4-12-7(13)8(9,10)11/h2-6H2,1H3,(H,12,13). The summed E-state index contributed by atoms with van der Waals surface area (Å²) in [6, 6.07) is 0. The van der Waals surface area contributed by atoms with E-state index in [-0.39, 0.29) is 13.2 Å². The Kier molecular flexibility index (Phi) is 6.27. The van der Waals surface area contributed by atoms with Gasteiger partial charge in [-0.25, -0.2) is 0 Å². The van der Waals surface area contributed by atoms with Gasteiger partial charge in [0.2, 0.25) is 0 Å². The molecule has 0 heterocycles. The van der Waals surface area contributed by atoms with Crippen LogP contribution in [-0.2, 0) is 9.53 Å². The van der Waals surface area contributed by atoms with E-state index < -0.39 is 12.1 Å². The van der Waals surface area contributed by atoms with Crippen molar-refractivity contribution in [3.05, 3.63) is 0 Å². The molecule has 0 fully saturated rings. The average molecular weight is 213 g/mol. The second kappa shape index (κ2) is 6.64. The molecule has 0 atom stereocenters. The number of alkyl halides is 3. The lowest BCUT2D eigenvalue weighted by atomic mass is 10.4. The largest absolute Gasteiger partial charge is 0.471 e. The molecule has 0 aliphatic carbocycles. The SMILES string of the molecule is CCCCOCCNC(=O)C(F)(F)F. The van der Waals surface area contributed by atoms with Crippen LogP contribution in [0.1, 0.15) is 19.8 Å². The number of halogens is 3. The van der Waals surface area contributed by atoms with Crippen LogP contribution < -0.4 is 5.32 Å². The third-order valence-corrected chi connectivity index (χ3v) is 1.43. The summed E-state index contributed by atoms with van der Waals surface area (Å²) >= 11 is 0. The van der Waals surface area contributed by atoms with Crippen molar-refractivity contribution in [1.82, 2.24) is 5.32 Å². The van der Waals surface area contributed by atoms with Gasteiger partial charge in [-0.1, -0.05) is 13.3 Å². The number of nitrogens with one attached hydrogen (secondary N) is 1. The molecule has 0 rings (SSSR count). The van der Waals surface area contributed by atoms with Crippen molar-refractivity contribution >= 4 is 5.91 Å². The Morgan fingerprint density at radius 1 is 1.36 bits per heavy atom. The van der Waals surface area contributed by atoms with E-state index in [2.05, 4.69) is 0 Å². The summed E-state index contributed by atoms with van der Waals surface area (Å²) in [5.41, 5.74) is 0. The van der Waals surface area contributed by atoms with Gasteiger partial charge >= 0.3 is 12.1 Å². The molecular formula is C8H14F3NO2. The third kappa shape index (κ3) is 6.71. The highest BCUT2D eigenvalue weighted by molar-refractivity contribution is 5.81. The second-order valence-electron chi connectivity index (χ2n) is 2.72. The van der Waals surface area contributed by atoms with E-state index in [0.717, 1.165) is 12.8 Å². The fraction of sp³-hybridized carbons (Fsp3) is 0.875. The molecule has 0 aliphatic heterocycles. The van der Waals surface area contributed by atoms with Crippen molar-refractivity contribution in [2.75, 3.05) is 19.8 Å². The summed E-state index contributed by atoms with van der Waals surface area (Å²) in [6.45, 7) is 2.50. The number of rotatable bonds is 6. The molecule has 6 heteroatoms. The van der Waals surface area contributed by atoms with Crippen LogP contribution in [-0.4, -0.2) is 31.8 Å². The number of hydrogen-bond donors (Lipinski definition) is 1. The minimum absolute atomic E-state index is 0.109. The molecule has 0 spiro atoms. The lowest BCUT2D eigenvalue weighted by molar-refractivity contribution is -0.173. The van der Waals surface area contributed by atoms with Gasteiger partial charge in [0.15, 0.2) is 0 Å². The molecular weight excluding hydrogens is 199 g/mol.